The maximum atomic E-state index is 6.15. The summed E-state index contributed by atoms with van der Waals surface area (Å²) in [5.41, 5.74) is 8.64. The number of benzene rings is 1. The average molecular weight is 296 g/mol. The van der Waals surface area contributed by atoms with Gasteiger partial charge in [0.25, 0.3) is 0 Å². The lowest BCUT2D eigenvalue weighted by Crippen LogP contribution is -2.07. The predicted octanol–water partition coefficient (Wildman–Crippen LogP) is 3.83. The molecule has 0 bridgehead atoms. The zero-order valence-corrected chi connectivity index (χ0v) is 12.4. The number of nitrogens with two attached hydrogens (primary N) is 1. The minimum Gasteiger partial charge on any atom is -0.383 e. The van der Waals surface area contributed by atoms with Crippen LogP contribution in [0.15, 0.2) is 18.2 Å². The number of rotatable bonds is 3. The Hall–Kier alpha value is -1.32. The van der Waals surface area contributed by atoms with Gasteiger partial charge < -0.3 is 5.73 Å². The van der Waals surface area contributed by atoms with E-state index in [4.69, 9.17) is 28.9 Å². The third-order valence-electron chi connectivity index (χ3n) is 3.06. The van der Waals surface area contributed by atoms with Crippen LogP contribution in [0.1, 0.15) is 29.6 Å². The van der Waals surface area contributed by atoms with Crippen molar-refractivity contribution in [2.45, 2.75) is 26.7 Å². The summed E-state index contributed by atoms with van der Waals surface area (Å²) in [5.74, 6) is 1.17. The van der Waals surface area contributed by atoms with Crippen LogP contribution < -0.4 is 5.73 Å². The lowest BCUT2D eigenvalue weighted by atomic mass is 10.1. The summed E-state index contributed by atoms with van der Waals surface area (Å²) in [6.07, 6.45) is 1.30. The third kappa shape index (κ3) is 2.99. The second-order valence-electron chi connectivity index (χ2n) is 4.33. The molecule has 0 radical (unpaired) electrons. The van der Waals surface area contributed by atoms with Crippen LogP contribution in [0.2, 0.25) is 10.0 Å². The SMILES string of the molecule is CCc1nc(Cc2c(Cl)cccc2Cl)nc(N)c1C. The van der Waals surface area contributed by atoms with Gasteiger partial charge in [-0.05, 0) is 31.0 Å². The Kier molecular flexibility index (Phi) is 4.27. The molecule has 0 unspecified atom stereocenters. The highest BCUT2D eigenvalue weighted by molar-refractivity contribution is 6.36. The van der Waals surface area contributed by atoms with Gasteiger partial charge in [0.1, 0.15) is 11.6 Å². The van der Waals surface area contributed by atoms with Gasteiger partial charge in [0, 0.05) is 27.7 Å². The Bertz CT molecular complexity index is 592. The van der Waals surface area contributed by atoms with E-state index in [0.29, 0.717) is 28.1 Å². The number of anilines is 1. The van der Waals surface area contributed by atoms with E-state index in [0.717, 1.165) is 23.2 Å². The fraction of sp³-hybridized carbons (Fsp3) is 0.286. The lowest BCUT2D eigenvalue weighted by Gasteiger charge is -2.10. The molecule has 0 amide bonds. The van der Waals surface area contributed by atoms with Gasteiger partial charge in [-0.25, -0.2) is 9.97 Å². The molecule has 19 heavy (non-hydrogen) atoms. The predicted molar refractivity (Wildman–Crippen MR) is 79.8 cm³/mol. The first-order valence-electron chi connectivity index (χ1n) is 6.07. The summed E-state index contributed by atoms with van der Waals surface area (Å²) in [7, 11) is 0. The first kappa shape index (κ1) is 14.1. The van der Waals surface area contributed by atoms with Gasteiger partial charge >= 0.3 is 0 Å². The van der Waals surface area contributed by atoms with E-state index >= 15 is 0 Å². The van der Waals surface area contributed by atoms with Crippen molar-refractivity contribution in [2.75, 3.05) is 5.73 Å². The number of nitrogen functional groups attached to an aromatic ring is 1. The lowest BCUT2D eigenvalue weighted by molar-refractivity contribution is 0.895. The number of halogens is 2. The van der Waals surface area contributed by atoms with Gasteiger partial charge in [0.2, 0.25) is 0 Å². The van der Waals surface area contributed by atoms with Gasteiger partial charge in [0.15, 0.2) is 0 Å². The van der Waals surface area contributed by atoms with Crippen LogP contribution in [0, 0.1) is 6.92 Å². The molecule has 0 saturated carbocycles. The zero-order chi connectivity index (χ0) is 14.0. The number of aryl methyl sites for hydroxylation is 1. The Morgan fingerprint density at radius 2 is 1.79 bits per heavy atom. The first-order valence-corrected chi connectivity index (χ1v) is 6.83. The molecule has 0 spiro atoms. The molecule has 1 heterocycles. The highest BCUT2D eigenvalue weighted by atomic mass is 35.5. The van der Waals surface area contributed by atoms with Crippen LogP contribution in [0.5, 0.6) is 0 Å². The molecule has 0 saturated heterocycles. The Balaban J connectivity index is 2.41. The van der Waals surface area contributed by atoms with Gasteiger partial charge in [-0.3, -0.25) is 0 Å². The Morgan fingerprint density at radius 1 is 1.16 bits per heavy atom. The maximum Gasteiger partial charge on any atom is 0.135 e. The highest BCUT2D eigenvalue weighted by Crippen LogP contribution is 2.26. The molecule has 2 aromatic rings. The summed E-state index contributed by atoms with van der Waals surface area (Å²) < 4.78 is 0. The molecule has 0 aliphatic carbocycles. The van der Waals surface area contributed by atoms with E-state index in [1.165, 1.54) is 0 Å². The van der Waals surface area contributed by atoms with Crippen molar-refractivity contribution in [1.82, 2.24) is 9.97 Å². The van der Waals surface area contributed by atoms with E-state index in [1.807, 2.05) is 19.9 Å². The minimum absolute atomic E-state index is 0.482. The fourth-order valence-corrected chi connectivity index (χ4v) is 2.45. The van der Waals surface area contributed by atoms with Crippen LogP contribution >= 0.6 is 23.2 Å². The Labute approximate surface area is 122 Å². The Morgan fingerprint density at radius 3 is 2.37 bits per heavy atom. The molecule has 5 heteroatoms. The second-order valence-corrected chi connectivity index (χ2v) is 5.14. The second kappa shape index (κ2) is 5.76. The highest BCUT2D eigenvalue weighted by Gasteiger charge is 2.11. The monoisotopic (exact) mass is 295 g/mol. The molecule has 2 rings (SSSR count). The number of hydrogen-bond donors (Lipinski definition) is 1. The molecule has 1 aromatic carbocycles. The molecule has 100 valence electrons. The quantitative estimate of drug-likeness (QED) is 0.936. The van der Waals surface area contributed by atoms with Crippen LogP contribution in [-0.4, -0.2) is 9.97 Å². The summed E-state index contributed by atoms with van der Waals surface area (Å²) in [4.78, 5) is 8.83. The standard InChI is InChI=1S/C14H15Cl2N3/c1-3-12-8(2)14(17)19-13(18-12)7-9-10(15)5-4-6-11(9)16/h4-6H,3,7H2,1-2H3,(H2,17,18,19). The molecular formula is C14H15Cl2N3. The normalized spacial score (nSPS) is 10.7. The van der Waals surface area contributed by atoms with Crippen molar-refractivity contribution >= 4 is 29.0 Å². The molecule has 3 nitrogen and oxygen atoms in total. The van der Waals surface area contributed by atoms with Crippen molar-refractivity contribution in [2.24, 2.45) is 0 Å². The van der Waals surface area contributed by atoms with Crippen molar-refractivity contribution in [1.29, 1.82) is 0 Å². The van der Waals surface area contributed by atoms with Gasteiger partial charge in [-0.2, -0.15) is 0 Å². The molecule has 2 N–H and O–H groups in total. The van der Waals surface area contributed by atoms with E-state index in [1.54, 1.807) is 12.1 Å². The van der Waals surface area contributed by atoms with Crippen molar-refractivity contribution in [3.8, 4) is 0 Å². The summed E-state index contributed by atoms with van der Waals surface area (Å²) in [6.45, 7) is 3.97. The zero-order valence-electron chi connectivity index (χ0n) is 10.9. The average Bonchev–Trinajstić information content (AvgIpc) is 2.38. The largest absolute Gasteiger partial charge is 0.383 e. The summed E-state index contributed by atoms with van der Waals surface area (Å²) >= 11 is 12.3. The van der Waals surface area contributed by atoms with Gasteiger partial charge in [0.05, 0.1) is 0 Å². The van der Waals surface area contributed by atoms with Gasteiger partial charge in [-0.15, -0.1) is 0 Å². The maximum absolute atomic E-state index is 6.15. The van der Waals surface area contributed by atoms with Crippen molar-refractivity contribution in [3.05, 3.63) is 50.9 Å². The number of aromatic nitrogens is 2. The van der Waals surface area contributed by atoms with Crippen molar-refractivity contribution in [3.63, 3.8) is 0 Å². The minimum atomic E-state index is 0.482. The third-order valence-corrected chi connectivity index (χ3v) is 3.77. The smallest absolute Gasteiger partial charge is 0.135 e. The van der Waals surface area contributed by atoms with Gasteiger partial charge in [-0.1, -0.05) is 36.2 Å². The van der Waals surface area contributed by atoms with Crippen LogP contribution in [0.3, 0.4) is 0 Å². The molecule has 0 fully saturated rings. The number of nitrogens with zero attached hydrogens (tertiary/aromatic N) is 2. The molecular weight excluding hydrogens is 281 g/mol. The van der Waals surface area contributed by atoms with Crippen LogP contribution in [0.25, 0.3) is 0 Å². The van der Waals surface area contributed by atoms with E-state index < -0.39 is 0 Å². The molecule has 1 aromatic heterocycles. The van der Waals surface area contributed by atoms with E-state index in [-0.39, 0.29) is 0 Å². The summed E-state index contributed by atoms with van der Waals surface area (Å²) in [5, 5.41) is 1.24. The van der Waals surface area contributed by atoms with E-state index in [9.17, 15) is 0 Å². The number of hydrogen-bond acceptors (Lipinski definition) is 3. The molecule has 0 atom stereocenters. The van der Waals surface area contributed by atoms with Crippen LogP contribution in [-0.2, 0) is 12.8 Å². The molecule has 0 aliphatic heterocycles. The first-order chi connectivity index (χ1) is 9.02. The van der Waals surface area contributed by atoms with Crippen molar-refractivity contribution < 1.29 is 0 Å². The van der Waals surface area contributed by atoms with Crippen LogP contribution in [0.4, 0.5) is 5.82 Å². The fourth-order valence-electron chi connectivity index (χ4n) is 1.92. The molecule has 0 aliphatic rings. The summed E-state index contributed by atoms with van der Waals surface area (Å²) in [6, 6.07) is 5.43. The van der Waals surface area contributed by atoms with E-state index in [2.05, 4.69) is 9.97 Å². The topological polar surface area (TPSA) is 51.8 Å².